The zero-order valence-corrected chi connectivity index (χ0v) is 9.38. The lowest BCUT2D eigenvalue weighted by molar-refractivity contribution is 1.16. The standard InChI is InChI=1S/C12H12.CH3Cl/c1-2-10-7-5-8-11-6-3-4-9-12(10)11;1-2/h3-9H,2H2,1H3;1H3. The van der Waals surface area contributed by atoms with Gasteiger partial charge in [-0.2, -0.15) is 0 Å². The second-order valence-corrected chi connectivity index (χ2v) is 2.99. The molecule has 2 aromatic carbocycles. The van der Waals surface area contributed by atoms with Crippen molar-refractivity contribution in [2.45, 2.75) is 13.3 Å². The van der Waals surface area contributed by atoms with Crippen LogP contribution in [0.5, 0.6) is 0 Å². The van der Waals surface area contributed by atoms with Crippen LogP contribution < -0.4 is 0 Å². The summed E-state index contributed by atoms with van der Waals surface area (Å²) in [7, 11) is 0. The molecule has 0 amide bonds. The fourth-order valence-corrected chi connectivity index (χ4v) is 1.60. The van der Waals surface area contributed by atoms with Crippen LogP contribution in [0.4, 0.5) is 0 Å². The highest BCUT2D eigenvalue weighted by molar-refractivity contribution is 6.15. The Morgan fingerprint density at radius 3 is 2.29 bits per heavy atom. The third kappa shape index (κ3) is 2.27. The first-order valence-corrected chi connectivity index (χ1v) is 5.52. The van der Waals surface area contributed by atoms with E-state index in [-0.39, 0.29) is 0 Å². The number of aryl methyl sites for hydroxylation is 1. The average molecular weight is 207 g/mol. The van der Waals surface area contributed by atoms with Gasteiger partial charge < -0.3 is 0 Å². The summed E-state index contributed by atoms with van der Waals surface area (Å²) in [4.78, 5) is 0. The van der Waals surface area contributed by atoms with Gasteiger partial charge in [-0.15, -0.1) is 11.6 Å². The van der Waals surface area contributed by atoms with Gasteiger partial charge in [-0.05, 0) is 22.8 Å². The molecule has 2 aromatic rings. The van der Waals surface area contributed by atoms with Gasteiger partial charge in [0, 0.05) is 6.38 Å². The smallest absolute Gasteiger partial charge is 0.0108 e. The van der Waals surface area contributed by atoms with Crippen LogP contribution in [0.15, 0.2) is 42.5 Å². The number of hydrogen-bond donors (Lipinski definition) is 0. The van der Waals surface area contributed by atoms with E-state index in [9.17, 15) is 0 Å². The highest BCUT2D eigenvalue weighted by atomic mass is 35.5. The molecule has 0 aliphatic carbocycles. The van der Waals surface area contributed by atoms with Gasteiger partial charge in [0.2, 0.25) is 0 Å². The van der Waals surface area contributed by atoms with Gasteiger partial charge in [0.05, 0.1) is 0 Å². The van der Waals surface area contributed by atoms with Crippen molar-refractivity contribution in [2.24, 2.45) is 0 Å². The summed E-state index contributed by atoms with van der Waals surface area (Å²) in [6.45, 7) is 2.20. The number of fused-ring (bicyclic) bond motifs is 1. The van der Waals surface area contributed by atoms with Gasteiger partial charge in [-0.1, -0.05) is 49.4 Å². The number of benzene rings is 2. The van der Waals surface area contributed by atoms with Gasteiger partial charge in [0.15, 0.2) is 0 Å². The summed E-state index contributed by atoms with van der Waals surface area (Å²) in [5.74, 6) is 0. The third-order valence-corrected chi connectivity index (χ3v) is 2.26. The molecule has 0 saturated heterocycles. The van der Waals surface area contributed by atoms with Crippen LogP contribution in [0, 0.1) is 0 Å². The van der Waals surface area contributed by atoms with Crippen LogP contribution in [0.1, 0.15) is 12.5 Å². The van der Waals surface area contributed by atoms with E-state index in [1.807, 2.05) is 0 Å². The summed E-state index contributed by atoms with van der Waals surface area (Å²) < 4.78 is 0. The Morgan fingerprint density at radius 1 is 0.929 bits per heavy atom. The Kier molecular flexibility index (Phi) is 4.48. The first-order valence-electron chi connectivity index (χ1n) is 4.76. The summed E-state index contributed by atoms with van der Waals surface area (Å²) >= 11 is 4.64. The Morgan fingerprint density at radius 2 is 1.57 bits per heavy atom. The van der Waals surface area contributed by atoms with E-state index < -0.39 is 0 Å². The molecule has 0 spiro atoms. The molecule has 2 rings (SSSR count). The molecular formula is C13H15Cl. The zero-order valence-electron chi connectivity index (χ0n) is 8.63. The minimum absolute atomic E-state index is 1.11. The Labute approximate surface area is 90.5 Å². The highest BCUT2D eigenvalue weighted by Crippen LogP contribution is 2.18. The minimum Gasteiger partial charge on any atom is -0.130 e. The monoisotopic (exact) mass is 206 g/mol. The molecule has 0 radical (unpaired) electrons. The van der Waals surface area contributed by atoms with E-state index in [4.69, 9.17) is 0 Å². The van der Waals surface area contributed by atoms with Crippen LogP contribution in [0.25, 0.3) is 10.8 Å². The van der Waals surface area contributed by atoms with Crippen molar-refractivity contribution in [3.63, 3.8) is 0 Å². The van der Waals surface area contributed by atoms with Crippen molar-refractivity contribution in [3.05, 3.63) is 48.0 Å². The SMILES string of the molecule is CCc1cccc2ccccc12.CCl. The molecule has 0 atom stereocenters. The van der Waals surface area contributed by atoms with E-state index in [1.165, 1.54) is 22.7 Å². The van der Waals surface area contributed by atoms with Gasteiger partial charge in [0.1, 0.15) is 0 Å². The maximum absolute atomic E-state index is 4.64. The van der Waals surface area contributed by atoms with Crippen molar-refractivity contribution < 1.29 is 0 Å². The fourth-order valence-electron chi connectivity index (χ4n) is 1.60. The quantitative estimate of drug-likeness (QED) is 0.612. The van der Waals surface area contributed by atoms with E-state index in [0.29, 0.717) is 0 Å². The predicted molar refractivity (Wildman–Crippen MR) is 65.1 cm³/mol. The first kappa shape index (κ1) is 11.1. The normalized spacial score (nSPS) is 9.36. The van der Waals surface area contributed by atoms with Gasteiger partial charge in [-0.25, -0.2) is 0 Å². The molecule has 0 N–H and O–H groups in total. The maximum atomic E-state index is 4.64. The molecule has 0 aliphatic rings. The van der Waals surface area contributed by atoms with E-state index in [1.54, 1.807) is 0 Å². The van der Waals surface area contributed by atoms with Crippen molar-refractivity contribution in [1.29, 1.82) is 0 Å². The zero-order chi connectivity index (χ0) is 10.4. The average Bonchev–Trinajstić information content (AvgIpc) is 2.31. The molecule has 14 heavy (non-hydrogen) atoms. The first-order chi connectivity index (χ1) is 6.92. The van der Waals surface area contributed by atoms with Gasteiger partial charge >= 0.3 is 0 Å². The molecule has 0 aliphatic heterocycles. The van der Waals surface area contributed by atoms with Gasteiger partial charge in [-0.3, -0.25) is 0 Å². The molecule has 0 unspecified atom stereocenters. The second-order valence-electron chi connectivity index (χ2n) is 2.99. The molecular weight excluding hydrogens is 192 g/mol. The van der Waals surface area contributed by atoms with Crippen LogP contribution in [0.2, 0.25) is 0 Å². The van der Waals surface area contributed by atoms with Gasteiger partial charge in [0.25, 0.3) is 0 Å². The Bertz CT molecular complexity index is 388. The van der Waals surface area contributed by atoms with Crippen molar-refractivity contribution >= 4 is 22.4 Å². The topological polar surface area (TPSA) is 0 Å². The summed E-state index contributed by atoms with van der Waals surface area (Å²) in [6.07, 6.45) is 2.58. The molecule has 1 heteroatoms. The molecule has 0 fully saturated rings. The van der Waals surface area contributed by atoms with Crippen molar-refractivity contribution in [2.75, 3.05) is 6.38 Å². The van der Waals surface area contributed by atoms with Crippen LogP contribution in [-0.2, 0) is 6.42 Å². The lowest BCUT2D eigenvalue weighted by atomic mass is 10.0. The maximum Gasteiger partial charge on any atom is 0.0108 e. The van der Waals surface area contributed by atoms with E-state index >= 15 is 0 Å². The number of halogens is 1. The number of rotatable bonds is 1. The fraction of sp³-hybridized carbons (Fsp3) is 0.231. The molecule has 0 bridgehead atoms. The molecule has 0 aromatic heterocycles. The predicted octanol–water partition coefficient (Wildman–Crippen LogP) is 4.26. The van der Waals surface area contributed by atoms with Crippen LogP contribution in [0.3, 0.4) is 0 Å². The molecule has 0 saturated carbocycles. The summed E-state index contributed by atoms with van der Waals surface area (Å²) in [5.41, 5.74) is 1.44. The lowest BCUT2D eigenvalue weighted by Crippen LogP contribution is -1.81. The van der Waals surface area contributed by atoms with Crippen molar-refractivity contribution in [1.82, 2.24) is 0 Å². The second kappa shape index (κ2) is 5.66. The van der Waals surface area contributed by atoms with E-state index in [2.05, 4.69) is 61.0 Å². The molecule has 74 valence electrons. The number of alkyl halides is 1. The minimum atomic E-state index is 1.11. The Balaban J connectivity index is 0.000000461. The van der Waals surface area contributed by atoms with Crippen molar-refractivity contribution in [3.8, 4) is 0 Å². The third-order valence-electron chi connectivity index (χ3n) is 2.26. The summed E-state index contributed by atoms with van der Waals surface area (Å²) in [6, 6.07) is 15.0. The Hall–Kier alpha value is -1.01. The number of hydrogen-bond acceptors (Lipinski definition) is 0. The highest BCUT2D eigenvalue weighted by Gasteiger charge is 1.95. The summed E-state index contributed by atoms with van der Waals surface area (Å²) in [5, 5.41) is 2.74. The molecule has 0 nitrogen and oxygen atoms in total. The van der Waals surface area contributed by atoms with Crippen LogP contribution in [-0.4, -0.2) is 6.38 Å². The lowest BCUT2D eigenvalue weighted by Gasteiger charge is -2.02. The van der Waals surface area contributed by atoms with E-state index in [0.717, 1.165) is 6.42 Å². The van der Waals surface area contributed by atoms with Crippen LogP contribution >= 0.6 is 11.6 Å². The molecule has 0 heterocycles. The largest absolute Gasteiger partial charge is 0.130 e.